The Morgan fingerprint density at radius 3 is 1.77 bits per heavy atom. The summed E-state index contributed by atoms with van der Waals surface area (Å²) in [5.74, 6) is -2.57. The quantitative estimate of drug-likeness (QED) is 0.276. The van der Waals surface area contributed by atoms with Crippen molar-refractivity contribution in [2.24, 2.45) is 0 Å². The number of esters is 2. The topological polar surface area (TPSA) is 80.8 Å². The normalized spacial score (nSPS) is 15.1. The van der Waals surface area contributed by atoms with Crippen LogP contribution in [0.1, 0.15) is 41.4 Å². The Labute approximate surface area is 169 Å². The molecule has 6 rings (SSSR count). The smallest absolute Gasteiger partial charge is 0.346 e. The van der Waals surface area contributed by atoms with Crippen LogP contribution in [0, 0.1) is 0 Å². The number of hydrogen-bond acceptors (Lipinski definition) is 5. The molecule has 6 nitrogen and oxygen atoms in total. The third-order valence-corrected chi connectivity index (χ3v) is 5.66. The van der Waals surface area contributed by atoms with E-state index >= 15 is 0 Å². The SMILES string of the molecule is O=C1OC(=O)c2ccc3c4c(ccc1c24)C(=O)N(c1cccc2ccccc12)C3=O. The number of imide groups is 1. The van der Waals surface area contributed by atoms with Gasteiger partial charge >= 0.3 is 11.9 Å². The summed E-state index contributed by atoms with van der Waals surface area (Å²) in [4.78, 5) is 52.4. The Kier molecular flexibility index (Phi) is 3.11. The summed E-state index contributed by atoms with van der Waals surface area (Å²) in [5.41, 5.74) is 1.35. The molecule has 0 radical (unpaired) electrons. The molecule has 2 aliphatic heterocycles. The minimum atomic E-state index is -0.785. The van der Waals surface area contributed by atoms with Crippen molar-refractivity contribution in [3.8, 4) is 0 Å². The van der Waals surface area contributed by atoms with Gasteiger partial charge in [-0.3, -0.25) is 9.59 Å². The lowest BCUT2D eigenvalue weighted by Gasteiger charge is -2.29. The maximum atomic E-state index is 13.5. The number of carbonyl (C=O) groups excluding carboxylic acids is 4. The number of amides is 2. The van der Waals surface area contributed by atoms with Gasteiger partial charge in [0.25, 0.3) is 11.8 Å². The number of benzene rings is 4. The fraction of sp³-hybridized carbons (Fsp3) is 0. The predicted molar refractivity (Wildman–Crippen MR) is 109 cm³/mol. The van der Waals surface area contributed by atoms with Crippen molar-refractivity contribution in [2.45, 2.75) is 0 Å². The molecule has 0 fully saturated rings. The van der Waals surface area contributed by atoms with Crippen LogP contribution in [0.5, 0.6) is 0 Å². The standard InChI is InChI=1S/C24H11NO5/c26-21-14-8-10-16-20-17(24(29)30-23(16)28)11-9-15(19(14)20)22(27)25(21)18-7-3-5-12-4-1-2-6-13(12)18/h1-11H. The molecule has 0 unspecified atom stereocenters. The van der Waals surface area contributed by atoms with Crippen LogP contribution in [-0.2, 0) is 4.74 Å². The van der Waals surface area contributed by atoms with Gasteiger partial charge < -0.3 is 4.74 Å². The van der Waals surface area contributed by atoms with Crippen LogP contribution in [0.15, 0.2) is 66.7 Å². The first-order chi connectivity index (χ1) is 14.6. The Morgan fingerprint density at radius 2 is 1.10 bits per heavy atom. The summed E-state index contributed by atoms with van der Waals surface area (Å²) in [7, 11) is 0. The average molecular weight is 393 g/mol. The Morgan fingerprint density at radius 1 is 0.567 bits per heavy atom. The summed E-state index contributed by atoms with van der Waals surface area (Å²) in [6, 6.07) is 18.9. The molecular weight excluding hydrogens is 382 g/mol. The van der Waals surface area contributed by atoms with E-state index < -0.39 is 23.8 Å². The van der Waals surface area contributed by atoms with Crippen LogP contribution in [0.2, 0.25) is 0 Å². The number of rotatable bonds is 1. The second-order valence-corrected chi connectivity index (χ2v) is 7.19. The number of anilines is 1. The summed E-state index contributed by atoms with van der Waals surface area (Å²) >= 11 is 0. The van der Waals surface area contributed by atoms with Gasteiger partial charge in [0.1, 0.15) is 0 Å². The lowest BCUT2D eigenvalue weighted by molar-refractivity contribution is 0.0390. The molecule has 0 saturated carbocycles. The molecular formula is C24H11NO5. The van der Waals surface area contributed by atoms with Crippen LogP contribution >= 0.6 is 0 Å². The zero-order chi connectivity index (χ0) is 20.6. The molecule has 6 heteroatoms. The van der Waals surface area contributed by atoms with Crippen molar-refractivity contribution in [3.63, 3.8) is 0 Å². The molecule has 4 aromatic rings. The van der Waals surface area contributed by atoms with Gasteiger partial charge in [0.05, 0.1) is 16.8 Å². The van der Waals surface area contributed by atoms with Crippen molar-refractivity contribution in [3.05, 3.63) is 89.0 Å². The van der Waals surface area contributed by atoms with Crippen molar-refractivity contribution in [1.29, 1.82) is 0 Å². The first-order valence-corrected chi connectivity index (χ1v) is 9.29. The van der Waals surface area contributed by atoms with E-state index in [1.54, 1.807) is 12.1 Å². The van der Waals surface area contributed by atoms with Crippen molar-refractivity contribution in [1.82, 2.24) is 0 Å². The molecule has 4 aromatic carbocycles. The Bertz CT molecular complexity index is 1430. The fourth-order valence-electron chi connectivity index (χ4n) is 4.34. The number of carbonyl (C=O) groups is 4. The van der Waals surface area contributed by atoms with Gasteiger partial charge in [-0.25, -0.2) is 14.5 Å². The minimum Gasteiger partial charge on any atom is -0.386 e. The van der Waals surface area contributed by atoms with Crippen molar-refractivity contribution >= 4 is 51.0 Å². The fourth-order valence-corrected chi connectivity index (χ4v) is 4.34. The Hall–Kier alpha value is -4.32. The molecule has 2 heterocycles. The van der Waals surface area contributed by atoms with Gasteiger partial charge in [0.15, 0.2) is 0 Å². The van der Waals surface area contributed by atoms with Crippen LogP contribution in [-0.4, -0.2) is 23.8 Å². The molecule has 2 amide bonds. The highest BCUT2D eigenvalue weighted by molar-refractivity contribution is 6.39. The van der Waals surface area contributed by atoms with E-state index in [1.807, 2.05) is 30.3 Å². The van der Waals surface area contributed by atoms with Gasteiger partial charge in [0.2, 0.25) is 0 Å². The average Bonchev–Trinajstić information content (AvgIpc) is 2.76. The Balaban J connectivity index is 1.67. The van der Waals surface area contributed by atoms with Gasteiger partial charge in [-0.05, 0) is 35.7 Å². The monoisotopic (exact) mass is 393 g/mol. The van der Waals surface area contributed by atoms with E-state index in [4.69, 9.17) is 4.74 Å². The van der Waals surface area contributed by atoms with Gasteiger partial charge in [0, 0.05) is 27.3 Å². The lowest BCUT2D eigenvalue weighted by atomic mass is 9.87. The molecule has 0 bridgehead atoms. The largest absolute Gasteiger partial charge is 0.386 e. The van der Waals surface area contributed by atoms with Crippen molar-refractivity contribution < 1.29 is 23.9 Å². The number of nitrogens with zero attached hydrogens (tertiary/aromatic N) is 1. The minimum absolute atomic E-state index is 0.171. The third kappa shape index (κ3) is 1.97. The van der Waals surface area contributed by atoms with Gasteiger partial charge in [-0.15, -0.1) is 0 Å². The molecule has 0 atom stereocenters. The van der Waals surface area contributed by atoms with Crippen LogP contribution in [0.25, 0.3) is 21.5 Å². The molecule has 0 aromatic heterocycles. The molecule has 30 heavy (non-hydrogen) atoms. The second-order valence-electron chi connectivity index (χ2n) is 7.19. The number of hydrogen-bond donors (Lipinski definition) is 0. The zero-order valence-corrected chi connectivity index (χ0v) is 15.3. The van der Waals surface area contributed by atoms with Crippen LogP contribution in [0.4, 0.5) is 5.69 Å². The summed E-state index contributed by atoms with van der Waals surface area (Å²) < 4.78 is 4.77. The van der Waals surface area contributed by atoms with E-state index in [0.29, 0.717) is 16.5 Å². The first-order valence-electron chi connectivity index (χ1n) is 9.29. The predicted octanol–water partition coefficient (Wildman–Crippen LogP) is 4.10. The van der Waals surface area contributed by atoms with E-state index in [-0.39, 0.29) is 22.3 Å². The molecule has 0 saturated heterocycles. The number of cyclic esters (lactones) is 2. The van der Waals surface area contributed by atoms with Crippen LogP contribution in [0.3, 0.4) is 0 Å². The lowest BCUT2D eigenvalue weighted by Crippen LogP contribution is -2.41. The summed E-state index contributed by atoms with van der Waals surface area (Å²) in [6.07, 6.45) is 0. The molecule has 0 spiro atoms. The summed E-state index contributed by atoms with van der Waals surface area (Å²) in [5, 5.41) is 2.29. The highest BCUT2D eigenvalue weighted by Crippen LogP contribution is 2.39. The number of fused-ring (bicyclic) bond motifs is 1. The van der Waals surface area contributed by atoms with Crippen LogP contribution < -0.4 is 4.90 Å². The molecule has 0 aliphatic carbocycles. The molecule has 2 aliphatic rings. The van der Waals surface area contributed by atoms with E-state index in [2.05, 4.69) is 0 Å². The zero-order valence-electron chi connectivity index (χ0n) is 15.3. The molecule has 142 valence electrons. The van der Waals surface area contributed by atoms with Gasteiger partial charge in [-0.1, -0.05) is 36.4 Å². The maximum Gasteiger partial charge on any atom is 0.346 e. The number of ether oxygens (including phenoxy) is 1. The third-order valence-electron chi connectivity index (χ3n) is 5.66. The van der Waals surface area contributed by atoms with Crippen molar-refractivity contribution in [2.75, 3.05) is 4.90 Å². The highest BCUT2D eigenvalue weighted by Gasteiger charge is 2.38. The van der Waals surface area contributed by atoms with E-state index in [1.165, 1.54) is 24.3 Å². The maximum absolute atomic E-state index is 13.5. The second kappa shape index (κ2) is 5.61. The molecule has 0 N–H and O–H groups in total. The van der Waals surface area contributed by atoms with E-state index in [9.17, 15) is 19.2 Å². The highest BCUT2D eigenvalue weighted by atomic mass is 16.6. The van der Waals surface area contributed by atoms with E-state index in [0.717, 1.165) is 15.7 Å². The summed E-state index contributed by atoms with van der Waals surface area (Å²) in [6.45, 7) is 0. The first kappa shape index (κ1) is 16.6. The van der Waals surface area contributed by atoms with Gasteiger partial charge in [-0.2, -0.15) is 0 Å².